The number of anilines is 1. The number of nitrogens with two attached hydrogens (primary N) is 1. The Balaban J connectivity index is 2.16. The lowest BCUT2D eigenvalue weighted by Crippen LogP contribution is -2.11. The fourth-order valence-corrected chi connectivity index (χ4v) is 1.79. The molecule has 1 heterocycles. The average Bonchev–Trinajstić information content (AvgIpc) is 2.86. The van der Waals surface area contributed by atoms with Crippen LogP contribution < -0.4 is 11.1 Å². The molecule has 0 saturated carbocycles. The lowest BCUT2D eigenvalue weighted by molar-refractivity contribution is 0.102. The molecule has 2 aromatic rings. The number of carbonyl (C=O) groups is 1. The molecule has 102 valence electrons. The molecule has 0 aliphatic rings. The lowest BCUT2D eigenvalue weighted by Gasteiger charge is -2.07. The molecule has 0 saturated heterocycles. The van der Waals surface area contributed by atoms with Crippen LogP contribution in [0.5, 0.6) is 0 Å². The molecular formula is C16H16N2O2. The summed E-state index contributed by atoms with van der Waals surface area (Å²) in [6, 6.07) is 7.30. The normalized spacial score (nSPS) is 9.75. The predicted molar refractivity (Wildman–Crippen MR) is 78.5 cm³/mol. The van der Waals surface area contributed by atoms with E-state index in [0.29, 0.717) is 17.9 Å². The predicted octanol–water partition coefficient (Wildman–Crippen LogP) is 2.46. The van der Waals surface area contributed by atoms with E-state index in [4.69, 9.17) is 10.2 Å². The van der Waals surface area contributed by atoms with Crippen molar-refractivity contribution in [3.63, 3.8) is 0 Å². The van der Waals surface area contributed by atoms with Gasteiger partial charge in [-0.3, -0.25) is 4.79 Å². The fraction of sp³-hybridized carbons (Fsp3) is 0.188. The van der Waals surface area contributed by atoms with E-state index < -0.39 is 0 Å². The minimum atomic E-state index is -0.189. The van der Waals surface area contributed by atoms with Crippen molar-refractivity contribution in [2.24, 2.45) is 5.73 Å². The SMILES string of the molecule is Cc1cc(C(=O)Nc2ccc(C#CCN)cc2C)co1. The van der Waals surface area contributed by atoms with Gasteiger partial charge in [0.2, 0.25) is 0 Å². The van der Waals surface area contributed by atoms with Crippen molar-refractivity contribution in [3.8, 4) is 11.8 Å². The van der Waals surface area contributed by atoms with Gasteiger partial charge in [-0.1, -0.05) is 11.8 Å². The first kappa shape index (κ1) is 13.9. The van der Waals surface area contributed by atoms with Gasteiger partial charge in [0.05, 0.1) is 12.1 Å². The van der Waals surface area contributed by atoms with Crippen molar-refractivity contribution in [3.05, 3.63) is 53.0 Å². The second-order valence-electron chi connectivity index (χ2n) is 4.44. The van der Waals surface area contributed by atoms with E-state index >= 15 is 0 Å². The van der Waals surface area contributed by atoms with Crippen LogP contribution in [-0.4, -0.2) is 12.5 Å². The highest BCUT2D eigenvalue weighted by molar-refractivity contribution is 6.04. The molecule has 0 bridgehead atoms. The molecule has 1 amide bonds. The maximum absolute atomic E-state index is 12.0. The molecule has 0 unspecified atom stereocenters. The van der Waals surface area contributed by atoms with Gasteiger partial charge in [0, 0.05) is 11.3 Å². The maximum atomic E-state index is 12.0. The average molecular weight is 268 g/mol. The molecule has 0 aliphatic heterocycles. The molecule has 1 aromatic heterocycles. The molecule has 0 fully saturated rings. The Kier molecular flexibility index (Phi) is 4.24. The third-order valence-corrected chi connectivity index (χ3v) is 2.80. The summed E-state index contributed by atoms with van der Waals surface area (Å²) in [6.07, 6.45) is 1.45. The van der Waals surface area contributed by atoms with Crippen LogP contribution in [0.3, 0.4) is 0 Å². The van der Waals surface area contributed by atoms with Crippen LogP contribution in [0.2, 0.25) is 0 Å². The maximum Gasteiger partial charge on any atom is 0.258 e. The number of benzene rings is 1. The van der Waals surface area contributed by atoms with Crippen LogP contribution in [-0.2, 0) is 0 Å². The summed E-state index contributed by atoms with van der Waals surface area (Å²) < 4.78 is 5.13. The monoisotopic (exact) mass is 268 g/mol. The first-order valence-corrected chi connectivity index (χ1v) is 6.26. The number of aryl methyl sites for hydroxylation is 2. The van der Waals surface area contributed by atoms with Gasteiger partial charge in [-0.2, -0.15) is 0 Å². The van der Waals surface area contributed by atoms with Gasteiger partial charge >= 0.3 is 0 Å². The Morgan fingerprint density at radius 3 is 2.75 bits per heavy atom. The summed E-state index contributed by atoms with van der Waals surface area (Å²) in [6.45, 7) is 4.05. The number of furan rings is 1. The molecule has 2 rings (SSSR count). The second-order valence-corrected chi connectivity index (χ2v) is 4.44. The van der Waals surface area contributed by atoms with Crippen LogP contribution in [0.15, 0.2) is 34.9 Å². The Hall–Kier alpha value is -2.51. The molecule has 0 aliphatic carbocycles. The molecule has 20 heavy (non-hydrogen) atoms. The Labute approximate surface area is 118 Å². The zero-order valence-electron chi connectivity index (χ0n) is 11.5. The summed E-state index contributed by atoms with van der Waals surface area (Å²) >= 11 is 0. The van der Waals surface area contributed by atoms with Crippen molar-refractivity contribution in [2.75, 3.05) is 11.9 Å². The smallest absolute Gasteiger partial charge is 0.258 e. The summed E-state index contributed by atoms with van der Waals surface area (Å²) in [5.41, 5.74) is 8.43. The zero-order valence-corrected chi connectivity index (χ0v) is 11.5. The van der Waals surface area contributed by atoms with E-state index in [1.807, 2.05) is 25.1 Å². The van der Waals surface area contributed by atoms with Gasteiger partial charge in [0.15, 0.2) is 0 Å². The molecule has 4 nitrogen and oxygen atoms in total. The minimum absolute atomic E-state index is 0.189. The third-order valence-electron chi connectivity index (χ3n) is 2.80. The van der Waals surface area contributed by atoms with E-state index in [1.165, 1.54) is 6.26 Å². The number of hydrogen-bond acceptors (Lipinski definition) is 3. The second kappa shape index (κ2) is 6.09. The van der Waals surface area contributed by atoms with E-state index in [-0.39, 0.29) is 5.91 Å². The third kappa shape index (κ3) is 3.28. The van der Waals surface area contributed by atoms with Gasteiger partial charge in [-0.05, 0) is 43.7 Å². The summed E-state index contributed by atoms with van der Waals surface area (Å²) in [5, 5.41) is 2.85. The van der Waals surface area contributed by atoms with Crippen LogP contribution in [0.4, 0.5) is 5.69 Å². The van der Waals surface area contributed by atoms with Crippen molar-refractivity contribution >= 4 is 11.6 Å². The zero-order chi connectivity index (χ0) is 14.5. The van der Waals surface area contributed by atoms with E-state index in [1.54, 1.807) is 13.0 Å². The Morgan fingerprint density at radius 2 is 2.15 bits per heavy atom. The summed E-state index contributed by atoms with van der Waals surface area (Å²) in [4.78, 5) is 12.0. The standard InChI is InChI=1S/C16H16N2O2/c1-11-8-13(4-3-7-17)5-6-15(11)18-16(19)14-9-12(2)20-10-14/h5-6,8-10H,7,17H2,1-2H3,(H,18,19). The Bertz CT molecular complexity index is 690. The number of rotatable bonds is 2. The van der Waals surface area contributed by atoms with E-state index in [2.05, 4.69) is 17.2 Å². The van der Waals surface area contributed by atoms with Crippen LogP contribution in [0.25, 0.3) is 0 Å². The van der Waals surface area contributed by atoms with Gasteiger partial charge in [0.25, 0.3) is 5.91 Å². The summed E-state index contributed by atoms with van der Waals surface area (Å²) in [7, 11) is 0. The topological polar surface area (TPSA) is 68.3 Å². The quantitative estimate of drug-likeness (QED) is 0.822. The summed E-state index contributed by atoms with van der Waals surface area (Å²) in [5.74, 6) is 6.28. The number of hydrogen-bond donors (Lipinski definition) is 2. The van der Waals surface area contributed by atoms with Crippen LogP contribution in [0, 0.1) is 25.7 Å². The molecule has 1 aromatic carbocycles. The first-order valence-electron chi connectivity index (χ1n) is 6.26. The van der Waals surface area contributed by atoms with Crippen molar-refractivity contribution in [2.45, 2.75) is 13.8 Å². The highest BCUT2D eigenvalue weighted by atomic mass is 16.3. The molecule has 0 radical (unpaired) electrons. The molecule has 3 N–H and O–H groups in total. The van der Waals surface area contributed by atoms with E-state index in [9.17, 15) is 4.79 Å². The van der Waals surface area contributed by atoms with Crippen LogP contribution in [0.1, 0.15) is 27.2 Å². The number of carbonyl (C=O) groups excluding carboxylic acids is 1. The van der Waals surface area contributed by atoms with Gasteiger partial charge in [-0.25, -0.2) is 0 Å². The van der Waals surface area contributed by atoms with Crippen molar-refractivity contribution in [1.29, 1.82) is 0 Å². The number of nitrogens with one attached hydrogen (secondary N) is 1. The first-order chi connectivity index (χ1) is 9.60. The highest BCUT2D eigenvalue weighted by Gasteiger charge is 2.10. The van der Waals surface area contributed by atoms with Crippen molar-refractivity contribution < 1.29 is 9.21 Å². The fourth-order valence-electron chi connectivity index (χ4n) is 1.79. The Morgan fingerprint density at radius 1 is 1.35 bits per heavy atom. The molecule has 0 atom stereocenters. The van der Waals surface area contributed by atoms with Gasteiger partial charge < -0.3 is 15.5 Å². The van der Waals surface area contributed by atoms with Crippen LogP contribution >= 0.6 is 0 Å². The highest BCUT2D eigenvalue weighted by Crippen LogP contribution is 2.17. The molecule has 0 spiro atoms. The minimum Gasteiger partial charge on any atom is -0.469 e. The van der Waals surface area contributed by atoms with E-state index in [0.717, 1.165) is 16.8 Å². The molecule has 4 heteroatoms. The lowest BCUT2D eigenvalue weighted by atomic mass is 10.1. The molecular weight excluding hydrogens is 252 g/mol. The number of amides is 1. The van der Waals surface area contributed by atoms with Gasteiger partial charge in [-0.15, -0.1) is 0 Å². The van der Waals surface area contributed by atoms with Crippen molar-refractivity contribution in [1.82, 2.24) is 0 Å². The van der Waals surface area contributed by atoms with Gasteiger partial charge in [0.1, 0.15) is 12.0 Å². The largest absolute Gasteiger partial charge is 0.469 e.